The summed E-state index contributed by atoms with van der Waals surface area (Å²) in [4.78, 5) is 16.5. The molecule has 0 fully saturated rings. The highest BCUT2D eigenvalue weighted by atomic mass is 35.5. The first kappa shape index (κ1) is 12.3. The number of aromatic nitrogens is 5. The van der Waals surface area contributed by atoms with Gasteiger partial charge in [0.15, 0.2) is 5.16 Å². The van der Waals surface area contributed by atoms with E-state index in [1.54, 1.807) is 35.0 Å². The summed E-state index contributed by atoms with van der Waals surface area (Å²) in [5.74, 6) is 0.494. The molecule has 0 radical (unpaired) electrons. The zero-order valence-electron chi connectivity index (χ0n) is 9.54. The Hall–Kier alpha value is -1.14. The number of rotatable bonds is 4. The lowest BCUT2D eigenvalue weighted by atomic mass is 10.4. The Bertz CT molecular complexity index is 487. The van der Waals surface area contributed by atoms with E-state index in [9.17, 15) is 0 Å². The van der Waals surface area contributed by atoms with E-state index in [1.807, 2.05) is 0 Å². The summed E-state index contributed by atoms with van der Waals surface area (Å²) in [5, 5.41) is 1.29. The molecular formula is C10H12ClN5S. The number of imidazole rings is 1. The molecule has 5 nitrogen and oxygen atoms in total. The molecule has 1 unspecified atom stereocenters. The van der Waals surface area contributed by atoms with Gasteiger partial charge < -0.3 is 0 Å². The van der Waals surface area contributed by atoms with Gasteiger partial charge in [0.2, 0.25) is 11.2 Å². The molecule has 0 aliphatic rings. The van der Waals surface area contributed by atoms with Crippen molar-refractivity contribution in [2.75, 3.05) is 0 Å². The van der Waals surface area contributed by atoms with E-state index in [0.29, 0.717) is 16.4 Å². The van der Waals surface area contributed by atoms with Crippen LogP contribution in [0.5, 0.6) is 0 Å². The van der Waals surface area contributed by atoms with Gasteiger partial charge in [0.1, 0.15) is 6.33 Å². The van der Waals surface area contributed by atoms with Gasteiger partial charge in [-0.2, -0.15) is 15.0 Å². The van der Waals surface area contributed by atoms with Gasteiger partial charge in [-0.05, 0) is 18.0 Å². The minimum Gasteiger partial charge on any atom is -0.274 e. The van der Waals surface area contributed by atoms with E-state index in [0.717, 1.165) is 6.42 Å². The fraction of sp³-hybridized carbons (Fsp3) is 0.400. The second-order valence-electron chi connectivity index (χ2n) is 3.49. The van der Waals surface area contributed by atoms with Crippen LogP contribution in [0.2, 0.25) is 5.28 Å². The van der Waals surface area contributed by atoms with Crippen LogP contribution >= 0.6 is 23.4 Å². The Morgan fingerprint density at radius 1 is 1.41 bits per heavy atom. The monoisotopic (exact) mass is 269 g/mol. The summed E-state index contributed by atoms with van der Waals surface area (Å²) in [6, 6.07) is 0. The van der Waals surface area contributed by atoms with E-state index in [-0.39, 0.29) is 5.28 Å². The SMILES string of the molecule is CCC(C)Sc1nc(Cl)nc(-n2ccnc2)n1. The van der Waals surface area contributed by atoms with E-state index in [2.05, 4.69) is 33.8 Å². The highest BCUT2D eigenvalue weighted by Crippen LogP contribution is 2.22. The van der Waals surface area contributed by atoms with E-state index in [4.69, 9.17) is 11.6 Å². The standard InChI is InChI=1S/C10H12ClN5S/c1-3-7(2)17-10-14-8(11)13-9(15-10)16-5-4-12-6-16/h4-7H,3H2,1-2H3. The van der Waals surface area contributed by atoms with Gasteiger partial charge in [0, 0.05) is 17.6 Å². The van der Waals surface area contributed by atoms with Gasteiger partial charge in [-0.25, -0.2) is 4.98 Å². The predicted octanol–water partition coefficient (Wildman–Crippen LogP) is 2.60. The van der Waals surface area contributed by atoms with E-state index in [1.165, 1.54) is 0 Å². The highest BCUT2D eigenvalue weighted by Gasteiger charge is 2.09. The van der Waals surface area contributed by atoms with Crippen LogP contribution in [0.1, 0.15) is 20.3 Å². The molecule has 17 heavy (non-hydrogen) atoms. The first-order valence-corrected chi connectivity index (χ1v) is 6.51. The van der Waals surface area contributed by atoms with Crippen LogP contribution in [0.25, 0.3) is 5.95 Å². The maximum absolute atomic E-state index is 5.88. The topological polar surface area (TPSA) is 56.5 Å². The third-order valence-electron chi connectivity index (χ3n) is 2.19. The Kier molecular flexibility index (Phi) is 3.96. The molecule has 90 valence electrons. The highest BCUT2D eigenvalue weighted by molar-refractivity contribution is 7.99. The predicted molar refractivity (Wildman–Crippen MR) is 67.6 cm³/mol. The van der Waals surface area contributed by atoms with Crippen molar-refractivity contribution in [2.45, 2.75) is 30.7 Å². The van der Waals surface area contributed by atoms with Gasteiger partial charge in [-0.3, -0.25) is 4.57 Å². The molecule has 0 N–H and O–H groups in total. The first-order chi connectivity index (χ1) is 8.19. The summed E-state index contributed by atoms with van der Waals surface area (Å²) in [6.07, 6.45) is 6.11. The van der Waals surface area contributed by atoms with Crippen LogP contribution in [0.15, 0.2) is 23.9 Å². The zero-order valence-corrected chi connectivity index (χ0v) is 11.1. The third kappa shape index (κ3) is 3.17. The molecule has 7 heteroatoms. The molecule has 2 aromatic rings. The summed E-state index contributed by atoms with van der Waals surface area (Å²) in [7, 11) is 0. The second kappa shape index (κ2) is 5.46. The lowest BCUT2D eigenvalue weighted by molar-refractivity contribution is 0.814. The number of hydrogen-bond acceptors (Lipinski definition) is 5. The fourth-order valence-corrected chi connectivity index (χ4v) is 2.14. The second-order valence-corrected chi connectivity index (χ2v) is 5.24. The molecule has 0 aliphatic carbocycles. The zero-order chi connectivity index (χ0) is 12.3. The van der Waals surface area contributed by atoms with Gasteiger partial charge in [-0.15, -0.1) is 0 Å². The number of halogens is 1. The van der Waals surface area contributed by atoms with Gasteiger partial charge in [0.05, 0.1) is 0 Å². The van der Waals surface area contributed by atoms with Gasteiger partial charge >= 0.3 is 0 Å². The quantitative estimate of drug-likeness (QED) is 0.799. The van der Waals surface area contributed by atoms with Crippen molar-refractivity contribution in [3.05, 3.63) is 24.0 Å². The maximum atomic E-state index is 5.88. The minimum absolute atomic E-state index is 0.203. The summed E-state index contributed by atoms with van der Waals surface area (Å²) in [6.45, 7) is 4.25. The van der Waals surface area contributed by atoms with Gasteiger partial charge in [-0.1, -0.05) is 25.6 Å². The van der Waals surface area contributed by atoms with Crippen LogP contribution in [-0.2, 0) is 0 Å². The molecular weight excluding hydrogens is 258 g/mol. The largest absolute Gasteiger partial charge is 0.274 e. The smallest absolute Gasteiger partial charge is 0.240 e. The van der Waals surface area contributed by atoms with E-state index < -0.39 is 0 Å². The lowest BCUT2D eigenvalue weighted by Crippen LogP contribution is -2.04. The summed E-state index contributed by atoms with van der Waals surface area (Å²) >= 11 is 7.47. The van der Waals surface area contributed by atoms with E-state index >= 15 is 0 Å². The molecule has 0 saturated heterocycles. The van der Waals surface area contributed by atoms with Crippen LogP contribution < -0.4 is 0 Å². The van der Waals surface area contributed by atoms with Crippen molar-refractivity contribution < 1.29 is 0 Å². The number of nitrogens with zero attached hydrogens (tertiary/aromatic N) is 5. The molecule has 2 heterocycles. The third-order valence-corrected chi connectivity index (χ3v) is 3.49. The average molecular weight is 270 g/mol. The van der Waals surface area contributed by atoms with Crippen molar-refractivity contribution in [1.29, 1.82) is 0 Å². The van der Waals surface area contributed by atoms with Crippen LogP contribution in [-0.4, -0.2) is 29.8 Å². The van der Waals surface area contributed by atoms with Crippen LogP contribution in [0, 0.1) is 0 Å². The molecule has 0 amide bonds. The average Bonchev–Trinajstić information content (AvgIpc) is 2.81. The minimum atomic E-state index is 0.203. The molecule has 1 atom stereocenters. The Morgan fingerprint density at radius 3 is 2.88 bits per heavy atom. The van der Waals surface area contributed by atoms with Crippen molar-refractivity contribution >= 4 is 23.4 Å². The molecule has 0 aromatic carbocycles. The normalized spacial score (nSPS) is 12.6. The molecule has 0 spiro atoms. The maximum Gasteiger partial charge on any atom is 0.240 e. The molecule has 2 rings (SSSR count). The molecule has 2 aromatic heterocycles. The molecule has 0 saturated carbocycles. The molecule has 0 aliphatic heterocycles. The molecule has 0 bridgehead atoms. The lowest BCUT2D eigenvalue weighted by Gasteiger charge is -2.07. The van der Waals surface area contributed by atoms with Crippen LogP contribution in [0.4, 0.5) is 0 Å². The summed E-state index contributed by atoms with van der Waals surface area (Å²) in [5.41, 5.74) is 0. The van der Waals surface area contributed by atoms with Crippen molar-refractivity contribution in [1.82, 2.24) is 24.5 Å². The first-order valence-electron chi connectivity index (χ1n) is 5.25. The van der Waals surface area contributed by atoms with Crippen LogP contribution in [0.3, 0.4) is 0 Å². The van der Waals surface area contributed by atoms with Crippen molar-refractivity contribution in [3.63, 3.8) is 0 Å². The Labute approximate surface area is 109 Å². The number of thioether (sulfide) groups is 1. The Morgan fingerprint density at radius 2 is 2.24 bits per heavy atom. The van der Waals surface area contributed by atoms with Gasteiger partial charge in [0.25, 0.3) is 0 Å². The van der Waals surface area contributed by atoms with Crippen molar-refractivity contribution in [3.8, 4) is 5.95 Å². The Balaban J connectivity index is 2.30. The fourth-order valence-electron chi connectivity index (χ4n) is 1.13. The summed E-state index contributed by atoms with van der Waals surface area (Å²) < 4.78 is 1.70. The number of hydrogen-bond donors (Lipinski definition) is 0. The van der Waals surface area contributed by atoms with Crippen molar-refractivity contribution in [2.24, 2.45) is 0 Å².